The molecule has 8 nitrogen and oxygen atoms in total. The van der Waals surface area contributed by atoms with Gasteiger partial charge in [-0.2, -0.15) is 5.10 Å². The Kier molecular flexibility index (Phi) is 5.93. The molecule has 0 saturated carbocycles. The first-order valence-electron chi connectivity index (χ1n) is 9.23. The second-order valence-corrected chi connectivity index (χ2v) is 9.20. The summed E-state index contributed by atoms with van der Waals surface area (Å²) in [5, 5.41) is 11.5. The van der Waals surface area contributed by atoms with Crippen molar-refractivity contribution in [1.82, 2.24) is 10.2 Å². The molecule has 4 aromatic rings. The molecule has 4 rings (SSSR count). The average molecular weight is 473 g/mol. The first kappa shape index (κ1) is 21.5. The van der Waals surface area contributed by atoms with Crippen LogP contribution in [0.25, 0.3) is 10.6 Å². The first-order valence-corrected chi connectivity index (χ1v) is 11.6. The number of carbonyl (C=O) groups excluding carboxylic acids is 1. The fourth-order valence-corrected chi connectivity index (χ4v) is 4.63. The van der Waals surface area contributed by atoms with E-state index in [0.717, 1.165) is 29.1 Å². The number of rotatable bonds is 7. The maximum Gasteiger partial charge on any atom is 0.276 e. The number of ether oxygens (including phenoxy) is 1. The maximum absolute atomic E-state index is 13.1. The number of nitrogens with one attached hydrogen (secondary N) is 3. The summed E-state index contributed by atoms with van der Waals surface area (Å²) in [7, 11) is -2.62. The number of carbonyl (C=O) groups is 1. The fourth-order valence-electron chi connectivity index (χ4n) is 2.87. The van der Waals surface area contributed by atoms with Crippen LogP contribution in [-0.2, 0) is 10.0 Å². The van der Waals surface area contributed by atoms with Gasteiger partial charge in [-0.25, -0.2) is 12.8 Å². The monoisotopic (exact) mass is 472 g/mol. The third-order valence-electron chi connectivity index (χ3n) is 4.42. The van der Waals surface area contributed by atoms with E-state index in [0.29, 0.717) is 11.4 Å². The van der Waals surface area contributed by atoms with E-state index in [1.807, 2.05) is 17.5 Å². The zero-order valence-electron chi connectivity index (χ0n) is 16.6. The minimum Gasteiger partial charge on any atom is -0.495 e. The van der Waals surface area contributed by atoms with E-state index in [1.54, 1.807) is 12.1 Å². The van der Waals surface area contributed by atoms with Gasteiger partial charge in [0.05, 0.1) is 28.3 Å². The summed E-state index contributed by atoms with van der Waals surface area (Å²) in [4.78, 5) is 13.4. The molecule has 3 N–H and O–H groups in total. The molecule has 1 amide bonds. The largest absolute Gasteiger partial charge is 0.495 e. The van der Waals surface area contributed by atoms with Gasteiger partial charge in [-0.3, -0.25) is 14.6 Å². The van der Waals surface area contributed by atoms with Gasteiger partial charge in [0.2, 0.25) is 0 Å². The zero-order chi connectivity index (χ0) is 22.7. The van der Waals surface area contributed by atoms with Crippen molar-refractivity contribution in [3.05, 3.63) is 77.6 Å². The Balaban J connectivity index is 1.55. The van der Waals surface area contributed by atoms with Crippen LogP contribution < -0.4 is 14.8 Å². The lowest BCUT2D eigenvalue weighted by Gasteiger charge is -2.14. The average Bonchev–Trinajstić information content (AvgIpc) is 3.46. The number of hydrogen-bond acceptors (Lipinski definition) is 6. The Hall–Kier alpha value is -3.70. The van der Waals surface area contributed by atoms with E-state index in [-0.39, 0.29) is 22.0 Å². The molecule has 11 heteroatoms. The number of H-pyrrole nitrogens is 1. The molecule has 0 unspecified atom stereocenters. The molecular formula is C21H17FN4O4S2. The molecule has 32 heavy (non-hydrogen) atoms. The Morgan fingerprint density at radius 3 is 2.59 bits per heavy atom. The van der Waals surface area contributed by atoms with Gasteiger partial charge < -0.3 is 10.1 Å². The quantitative estimate of drug-likeness (QED) is 0.370. The number of hydrogen-bond donors (Lipinski definition) is 3. The van der Waals surface area contributed by atoms with Crippen molar-refractivity contribution in [3.63, 3.8) is 0 Å². The van der Waals surface area contributed by atoms with Gasteiger partial charge in [-0.15, -0.1) is 11.3 Å². The molecule has 0 aliphatic rings. The third-order valence-corrected chi connectivity index (χ3v) is 6.71. The first-order chi connectivity index (χ1) is 15.4. The van der Waals surface area contributed by atoms with Crippen molar-refractivity contribution in [3.8, 4) is 16.3 Å². The predicted molar refractivity (Wildman–Crippen MR) is 120 cm³/mol. The van der Waals surface area contributed by atoms with Gasteiger partial charge in [0.15, 0.2) is 5.69 Å². The SMILES string of the molecule is COc1ccc(NC(=O)c2cc(-c3cccs3)[nH]n2)cc1NS(=O)(=O)c1ccc(F)cc1. The van der Waals surface area contributed by atoms with E-state index >= 15 is 0 Å². The van der Waals surface area contributed by atoms with E-state index in [1.165, 1.54) is 30.6 Å². The second kappa shape index (κ2) is 8.81. The number of anilines is 2. The lowest BCUT2D eigenvalue weighted by atomic mass is 10.2. The Bertz CT molecular complexity index is 1350. The third kappa shape index (κ3) is 4.63. The second-order valence-electron chi connectivity index (χ2n) is 6.57. The van der Waals surface area contributed by atoms with Crippen LogP contribution in [0.4, 0.5) is 15.8 Å². The summed E-state index contributed by atoms with van der Waals surface area (Å²) in [5.74, 6) is -0.776. The van der Waals surface area contributed by atoms with Crippen molar-refractivity contribution >= 4 is 38.6 Å². The molecule has 0 bridgehead atoms. The van der Waals surface area contributed by atoms with Gasteiger partial charge in [0.25, 0.3) is 15.9 Å². The van der Waals surface area contributed by atoms with Crippen LogP contribution >= 0.6 is 11.3 Å². The normalized spacial score (nSPS) is 11.2. The van der Waals surface area contributed by atoms with Crippen molar-refractivity contribution in [1.29, 1.82) is 0 Å². The number of thiophene rings is 1. The topological polar surface area (TPSA) is 113 Å². The highest BCUT2D eigenvalue weighted by Gasteiger charge is 2.18. The summed E-state index contributed by atoms with van der Waals surface area (Å²) >= 11 is 1.51. The van der Waals surface area contributed by atoms with Crippen LogP contribution in [0.15, 0.2) is 70.9 Å². The summed E-state index contributed by atoms with van der Waals surface area (Å²) in [6.07, 6.45) is 0. The lowest BCUT2D eigenvalue weighted by Crippen LogP contribution is -2.15. The number of amides is 1. The van der Waals surface area contributed by atoms with E-state index in [9.17, 15) is 17.6 Å². The molecule has 0 aliphatic carbocycles. The van der Waals surface area contributed by atoms with Crippen LogP contribution in [0.1, 0.15) is 10.5 Å². The molecule has 2 aromatic heterocycles. The molecule has 0 aliphatic heterocycles. The number of aromatic amines is 1. The Morgan fingerprint density at radius 2 is 1.91 bits per heavy atom. The van der Waals surface area contributed by atoms with Crippen LogP contribution in [0.5, 0.6) is 5.75 Å². The van der Waals surface area contributed by atoms with Crippen LogP contribution in [0.3, 0.4) is 0 Å². The van der Waals surface area contributed by atoms with Gasteiger partial charge in [0.1, 0.15) is 11.6 Å². The number of sulfonamides is 1. The predicted octanol–water partition coefficient (Wildman–Crippen LogP) is 4.34. The highest BCUT2D eigenvalue weighted by Crippen LogP contribution is 2.30. The van der Waals surface area contributed by atoms with E-state index in [2.05, 4.69) is 20.2 Å². The molecular weight excluding hydrogens is 455 g/mol. The molecule has 0 fully saturated rings. The van der Waals surface area contributed by atoms with Gasteiger partial charge in [0, 0.05) is 5.69 Å². The van der Waals surface area contributed by atoms with Crippen LogP contribution in [-0.4, -0.2) is 31.6 Å². The highest BCUT2D eigenvalue weighted by atomic mass is 32.2. The number of halogens is 1. The summed E-state index contributed by atoms with van der Waals surface area (Å²) in [5.41, 5.74) is 1.33. The van der Waals surface area contributed by atoms with Crippen molar-refractivity contribution in [2.75, 3.05) is 17.1 Å². The molecule has 0 saturated heterocycles. The van der Waals surface area contributed by atoms with Crippen LogP contribution in [0.2, 0.25) is 0 Å². The highest BCUT2D eigenvalue weighted by molar-refractivity contribution is 7.92. The van der Waals surface area contributed by atoms with Crippen LogP contribution in [0, 0.1) is 5.82 Å². The van der Waals surface area contributed by atoms with E-state index < -0.39 is 21.7 Å². The molecule has 164 valence electrons. The minimum atomic E-state index is -4.01. The Labute approximate surface area is 187 Å². The molecule has 2 aromatic carbocycles. The summed E-state index contributed by atoms with van der Waals surface area (Å²) < 4.78 is 46.1. The molecule has 0 spiro atoms. The summed E-state index contributed by atoms with van der Waals surface area (Å²) in [6, 6.07) is 14.3. The van der Waals surface area contributed by atoms with E-state index in [4.69, 9.17) is 4.74 Å². The Morgan fingerprint density at radius 1 is 1.12 bits per heavy atom. The summed E-state index contributed by atoms with van der Waals surface area (Å²) in [6.45, 7) is 0. The van der Waals surface area contributed by atoms with Gasteiger partial charge >= 0.3 is 0 Å². The fraction of sp³-hybridized carbons (Fsp3) is 0.0476. The number of benzene rings is 2. The maximum atomic E-state index is 13.1. The number of aromatic nitrogens is 2. The molecule has 2 heterocycles. The molecule has 0 radical (unpaired) electrons. The van der Waals surface area contributed by atoms with Gasteiger partial charge in [-0.05, 0) is 60.0 Å². The zero-order valence-corrected chi connectivity index (χ0v) is 18.3. The number of nitrogens with zero attached hydrogens (tertiary/aromatic N) is 1. The van der Waals surface area contributed by atoms with Crippen molar-refractivity contribution in [2.45, 2.75) is 4.90 Å². The van der Waals surface area contributed by atoms with Gasteiger partial charge in [-0.1, -0.05) is 6.07 Å². The molecule has 0 atom stereocenters. The van der Waals surface area contributed by atoms with Crippen molar-refractivity contribution in [2.24, 2.45) is 0 Å². The smallest absolute Gasteiger partial charge is 0.276 e. The standard InChI is InChI=1S/C21H17FN4O4S2/c1-30-19-9-6-14(11-16(19)26-32(28,29)15-7-4-13(22)5-8-15)23-21(27)18-12-17(24-25-18)20-3-2-10-31-20/h2-12,26H,1H3,(H,23,27)(H,24,25). The van der Waals surface area contributed by atoms with Crippen molar-refractivity contribution < 1.29 is 22.3 Å². The minimum absolute atomic E-state index is 0.107. The lowest BCUT2D eigenvalue weighted by molar-refractivity contribution is 0.102. The number of methoxy groups -OCH3 is 1.